The van der Waals surface area contributed by atoms with Gasteiger partial charge in [0.1, 0.15) is 24.0 Å². The van der Waals surface area contributed by atoms with Gasteiger partial charge in [-0.25, -0.2) is 19.3 Å². The predicted octanol–water partition coefficient (Wildman–Crippen LogP) is 3.76. The molecule has 2 aromatic carbocycles. The van der Waals surface area contributed by atoms with E-state index in [0.717, 1.165) is 0 Å². The van der Waals surface area contributed by atoms with Crippen LogP contribution in [0, 0.1) is 25.1 Å². The monoisotopic (exact) mass is 757 g/mol. The van der Waals surface area contributed by atoms with Gasteiger partial charge in [-0.15, -0.1) is 0 Å². The fourth-order valence-corrected chi connectivity index (χ4v) is 5.87. The number of hydrogen-bond acceptors (Lipinski definition) is 14. The number of hydrogen-bond donors (Lipinski definition) is 5. The molecule has 0 aliphatic heterocycles. The number of nitrogens with two attached hydrogens (primary N) is 1. The second-order valence-corrected chi connectivity index (χ2v) is 13.1. The Hall–Kier alpha value is -6.55. The lowest BCUT2D eigenvalue weighted by Crippen LogP contribution is -2.41. The molecule has 1 amide bonds. The molecule has 0 saturated heterocycles. The summed E-state index contributed by atoms with van der Waals surface area (Å²) in [6, 6.07) is 11.5. The summed E-state index contributed by atoms with van der Waals surface area (Å²) in [5, 5.41) is 15.3. The molecule has 0 spiro atoms. The molecule has 0 radical (unpaired) electrons. The Kier molecular flexibility index (Phi) is 14.4. The highest BCUT2D eigenvalue weighted by Gasteiger charge is 2.28. The van der Waals surface area contributed by atoms with Gasteiger partial charge in [0.2, 0.25) is 5.95 Å². The van der Waals surface area contributed by atoms with E-state index in [4.69, 9.17) is 23.1 Å². The largest absolute Gasteiger partial charge is 0.604 e. The van der Waals surface area contributed by atoms with E-state index in [0.29, 0.717) is 41.8 Å². The number of aliphatic carboxylic acids is 1. The molecule has 0 aliphatic carbocycles. The van der Waals surface area contributed by atoms with Crippen molar-refractivity contribution in [3.63, 3.8) is 0 Å². The molecule has 0 unspecified atom stereocenters. The van der Waals surface area contributed by atoms with Crippen LogP contribution in [-0.4, -0.2) is 61.1 Å². The van der Waals surface area contributed by atoms with E-state index < -0.39 is 31.3 Å². The number of carboxylic acids is 1. The number of H-pyrrole nitrogens is 1. The standard InChI is InChI=1S/C36H36N7O10P/c1-3-51-54(50,52-4-2)53-19-9-5-6-12-30(45)28-11-8-7-10-24(28)20-27(44)17-18-29(35(48)49)41-33(46)23-13-15-25(16-14-23)38-21-26-22-39-32-31(40-26)34(47)43-36(37)42-32/h1-2,7-8,10-11,13-16,22,29,38H,5-6,9,12,17-21H2,(H,41,46)(H,48,49)(H3,37,39,42,43,47)/t29-/m0/s1. The van der Waals surface area contributed by atoms with Gasteiger partial charge in [-0.05, 0) is 49.1 Å². The predicted molar refractivity (Wildman–Crippen MR) is 196 cm³/mol. The number of fused-ring (bicyclic) bond motifs is 1. The Balaban J connectivity index is 1.23. The number of benzene rings is 2. The zero-order valence-electron chi connectivity index (χ0n) is 28.8. The van der Waals surface area contributed by atoms with Crippen LogP contribution in [-0.2, 0) is 40.7 Å². The molecule has 0 fully saturated rings. The van der Waals surface area contributed by atoms with E-state index in [1.54, 1.807) is 48.6 Å². The maximum Gasteiger partial charge on any atom is 0.604 e. The molecular weight excluding hydrogens is 721 g/mol. The lowest BCUT2D eigenvalue weighted by atomic mass is 9.95. The molecule has 17 nitrogen and oxygen atoms in total. The number of phosphoric acid groups is 1. The number of ketones is 2. The molecule has 1 atom stereocenters. The number of carbonyl (C=O) groups excluding carboxylic acids is 3. The van der Waals surface area contributed by atoms with Crippen LogP contribution in [0.25, 0.3) is 11.2 Å². The van der Waals surface area contributed by atoms with Crippen LogP contribution in [0.2, 0.25) is 0 Å². The van der Waals surface area contributed by atoms with Crippen LogP contribution in [0.5, 0.6) is 0 Å². The van der Waals surface area contributed by atoms with Gasteiger partial charge in [0, 0.05) is 36.1 Å². The minimum absolute atomic E-state index is 0.0352. The van der Waals surface area contributed by atoms with Crippen molar-refractivity contribution in [1.82, 2.24) is 25.3 Å². The first-order valence-electron chi connectivity index (χ1n) is 16.5. The minimum atomic E-state index is -4.05. The van der Waals surface area contributed by atoms with Gasteiger partial charge >= 0.3 is 13.8 Å². The molecule has 280 valence electrons. The molecule has 2 aromatic heterocycles. The Morgan fingerprint density at radius 1 is 0.981 bits per heavy atom. The van der Waals surface area contributed by atoms with E-state index in [1.165, 1.54) is 18.3 Å². The van der Waals surface area contributed by atoms with Crippen LogP contribution in [0.1, 0.15) is 70.5 Å². The maximum absolute atomic E-state index is 13.0. The normalized spacial score (nSPS) is 11.4. The summed E-state index contributed by atoms with van der Waals surface area (Å²) in [5.74, 6) is -2.52. The SMILES string of the molecule is C#COP(=O)(OC#C)OCCCCCC(=O)c1ccccc1CC(=O)CC[C@H](NC(=O)c1ccc(NCc2cnc3nc(N)[nH]c(=O)c3n2)cc1)C(=O)O. The molecule has 54 heavy (non-hydrogen) atoms. The lowest BCUT2D eigenvalue weighted by Gasteiger charge is -2.15. The Morgan fingerprint density at radius 2 is 1.70 bits per heavy atom. The number of carboxylic acid groups (broad SMARTS) is 1. The zero-order valence-corrected chi connectivity index (χ0v) is 29.7. The zero-order chi connectivity index (χ0) is 39.1. The Labute approximate surface area is 309 Å². The molecule has 6 N–H and O–H groups in total. The van der Waals surface area contributed by atoms with Crippen LogP contribution in [0.3, 0.4) is 0 Å². The van der Waals surface area contributed by atoms with Crippen LogP contribution in [0.4, 0.5) is 11.6 Å². The second-order valence-electron chi connectivity index (χ2n) is 11.6. The number of amides is 1. The number of terminal acetylenes is 2. The van der Waals surface area contributed by atoms with Crippen molar-refractivity contribution >= 4 is 54.1 Å². The third-order valence-corrected chi connectivity index (χ3v) is 8.91. The van der Waals surface area contributed by atoms with Crippen molar-refractivity contribution in [2.45, 2.75) is 57.5 Å². The van der Waals surface area contributed by atoms with Crippen molar-refractivity contribution < 1.29 is 42.4 Å². The number of nitrogens with one attached hydrogen (secondary N) is 3. The average molecular weight is 758 g/mol. The fraction of sp³-hybridized carbons (Fsp3) is 0.278. The molecule has 0 aliphatic rings. The first kappa shape index (κ1) is 40.2. The number of aromatic nitrogens is 4. The van der Waals surface area contributed by atoms with Crippen molar-refractivity contribution in [2.75, 3.05) is 17.7 Å². The number of rotatable bonds is 21. The minimum Gasteiger partial charge on any atom is -0.480 e. The van der Waals surface area contributed by atoms with E-state index in [-0.39, 0.29) is 73.1 Å². The van der Waals surface area contributed by atoms with Crippen molar-refractivity contribution in [1.29, 1.82) is 0 Å². The fourth-order valence-electron chi connectivity index (χ4n) is 5.12. The second kappa shape index (κ2) is 19.3. The number of carbonyl (C=O) groups is 4. The van der Waals surface area contributed by atoms with Crippen LogP contribution in [0.15, 0.2) is 59.5 Å². The summed E-state index contributed by atoms with van der Waals surface area (Å²) in [7, 11) is -4.05. The van der Waals surface area contributed by atoms with E-state index in [9.17, 15) is 33.6 Å². The van der Waals surface area contributed by atoms with Gasteiger partial charge in [-0.3, -0.25) is 28.7 Å². The highest BCUT2D eigenvalue weighted by Crippen LogP contribution is 2.48. The van der Waals surface area contributed by atoms with E-state index in [2.05, 4.69) is 39.6 Å². The Morgan fingerprint density at radius 3 is 2.41 bits per heavy atom. The highest BCUT2D eigenvalue weighted by molar-refractivity contribution is 7.48. The summed E-state index contributed by atoms with van der Waals surface area (Å²) in [4.78, 5) is 77.6. The molecular formula is C36H36N7O10P. The molecule has 0 bridgehead atoms. The molecule has 18 heteroatoms. The molecule has 4 rings (SSSR count). The number of aromatic amines is 1. The third-order valence-electron chi connectivity index (χ3n) is 7.75. The van der Waals surface area contributed by atoms with Gasteiger partial charge in [-0.1, -0.05) is 43.5 Å². The summed E-state index contributed by atoms with van der Waals surface area (Å²) >= 11 is 0. The van der Waals surface area contributed by atoms with Gasteiger partial charge in [0.15, 0.2) is 16.9 Å². The average Bonchev–Trinajstić information content (AvgIpc) is 3.14. The first-order valence-corrected chi connectivity index (χ1v) is 17.9. The summed E-state index contributed by atoms with van der Waals surface area (Å²) in [6.45, 7) is 0.163. The van der Waals surface area contributed by atoms with Crippen LogP contribution >= 0.6 is 7.82 Å². The van der Waals surface area contributed by atoms with E-state index in [1.807, 2.05) is 0 Å². The maximum atomic E-state index is 13.0. The van der Waals surface area contributed by atoms with E-state index >= 15 is 0 Å². The number of phosphoric ester groups is 1. The summed E-state index contributed by atoms with van der Waals surface area (Å²) in [6.07, 6.45) is 15.9. The van der Waals surface area contributed by atoms with Crippen molar-refractivity contribution in [2.24, 2.45) is 0 Å². The summed E-state index contributed by atoms with van der Waals surface area (Å²) in [5.41, 5.74) is 7.29. The van der Waals surface area contributed by atoms with Gasteiger partial charge in [0.05, 0.1) is 25.0 Å². The van der Waals surface area contributed by atoms with Crippen LogP contribution < -0.4 is 21.9 Å². The van der Waals surface area contributed by atoms with Gasteiger partial charge in [-0.2, -0.15) is 4.98 Å². The van der Waals surface area contributed by atoms with Crippen molar-refractivity contribution in [3.8, 4) is 25.1 Å². The number of nitrogens with zero attached hydrogens (tertiary/aromatic N) is 3. The lowest BCUT2D eigenvalue weighted by molar-refractivity contribution is -0.139. The highest BCUT2D eigenvalue weighted by atomic mass is 31.2. The first-order chi connectivity index (χ1) is 25.9. The van der Waals surface area contributed by atoms with Gasteiger partial charge < -0.3 is 30.5 Å². The number of nitrogen functional groups attached to an aromatic ring is 1. The number of anilines is 2. The Bertz CT molecular complexity index is 2180. The molecule has 4 aromatic rings. The topological polar surface area (TPSA) is 255 Å². The quantitative estimate of drug-likeness (QED) is 0.0351. The third kappa shape index (κ3) is 11.7. The number of Topliss-reactive ketones (excluding diaryl/α,β-unsaturated/α-hetero) is 2. The molecule has 0 saturated carbocycles. The molecule has 2 heterocycles. The number of unbranched alkanes of at least 4 members (excludes halogenated alkanes) is 2. The smallest absolute Gasteiger partial charge is 0.480 e. The van der Waals surface area contributed by atoms with Crippen molar-refractivity contribution in [3.05, 3.63) is 87.5 Å². The summed E-state index contributed by atoms with van der Waals surface area (Å²) < 4.78 is 26.1. The van der Waals surface area contributed by atoms with Gasteiger partial charge in [0.25, 0.3) is 11.5 Å².